The minimum absolute atomic E-state index is 0.106. The number of sulfonamides is 1. The maximum atomic E-state index is 12.5. The molecular formula is C16H18BrN3O4S. The van der Waals surface area contributed by atoms with E-state index in [1.54, 1.807) is 22.8 Å². The normalized spacial score (nSPS) is 16.6. The number of carbonyl (C=O) groups excluding carboxylic acids is 1. The number of rotatable bonds is 5. The first kappa shape index (κ1) is 17.9. The summed E-state index contributed by atoms with van der Waals surface area (Å²) in [6.45, 7) is 4.79. The Labute approximate surface area is 154 Å². The number of fused-ring (bicyclic) bond motifs is 1. The van der Waals surface area contributed by atoms with E-state index in [2.05, 4.69) is 25.6 Å². The van der Waals surface area contributed by atoms with Gasteiger partial charge in [-0.15, -0.1) is 0 Å². The molecule has 1 aliphatic heterocycles. The summed E-state index contributed by atoms with van der Waals surface area (Å²) < 4.78 is 34.9. The van der Waals surface area contributed by atoms with E-state index in [0.717, 1.165) is 4.47 Å². The van der Waals surface area contributed by atoms with Crippen molar-refractivity contribution in [3.8, 4) is 5.75 Å². The van der Waals surface area contributed by atoms with Crippen LogP contribution in [0.1, 0.15) is 25.3 Å². The highest BCUT2D eigenvalue weighted by atomic mass is 79.9. The number of amides is 1. The summed E-state index contributed by atoms with van der Waals surface area (Å²) in [5, 5.41) is -0.171. The molecule has 1 aromatic carbocycles. The van der Waals surface area contributed by atoms with Crippen molar-refractivity contribution < 1.29 is 17.9 Å². The summed E-state index contributed by atoms with van der Waals surface area (Å²) in [5.41, 5.74) is 0.660. The first-order valence-corrected chi connectivity index (χ1v) is 10.0. The van der Waals surface area contributed by atoms with E-state index < -0.39 is 21.8 Å². The molecule has 134 valence electrons. The number of benzene rings is 1. The van der Waals surface area contributed by atoms with Crippen molar-refractivity contribution in [3.63, 3.8) is 0 Å². The predicted octanol–water partition coefficient (Wildman–Crippen LogP) is 2.28. The number of imidazole rings is 1. The molecule has 0 radical (unpaired) electrons. The Hall–Kier alpha value is -1.87. The number of aromatic nitrogens is 2. The lowest BCUT2D eigenvalue weighted by Crippen LogP contribution is -2.35. The zero-order valence-electron chi connectivity index (χ0n) is 13.8. The Kier molecular flexibility index (Phi) is 4.88. The van der Waals surface area contributed by atoms with E-state index in [1.807, 2.05) is 13.8 Å². The van der Waals surface area contributed by atoms with Crippen LogP contribution in [0.25, 0.3) is 0 Å². The highest BCUT2D eigenvalue weighted by molar-refractivity contribution is 9.10. The van der Waals surface area contributed by atoms with Crippen LogP contribution in [0, 0.1) is 5.92 Å². The molecule has 2 aromatic rings. The molecule has 1 unspecified atom stereocenters. The third kappa shape index (κ3) is 3.87. The van der Waals surface area contributed by atoms with Crippen LogP contribution in [0.3, 0.4) is 0 Å². The summed E-state index contributed by atoms with van der Waals surface area (Å²) in [7, 11) is -4.02. The van der Waals surface area contributed by atoms with Crippen molar-refractivity contribution in [1.82, 2.24) is 14.3 Å². The third-order valence-corrected chi connectivity index (χ3v) is 5.49. The Morgan fingerprint density at radius 3 is 2.96 bits per heavy atom. The van der Waals surface area contributed by atoms with Crippen LogP contribution in [0.5, 0.6) is 5.75 Å². The molecule has 0 bridgehead atoms. The van der Waals surface area contributed by atoms with E-state index in [1.165, 1.54) is 12.5 Å². The van der Waals surface area contributed by atoms with Crippen molar-refractivity contribution in [1.29, 1.82) is 0 Å². The number of halogens is 1. The van der Waals surface area contributed by atoms with Gasteiger partial charge in [-0.2, -0.15) is 8.42 Å². The average molecular weight is 428 g/mol. The van der Waals surface area contributed by atoms with Gasteiger partial charge in [0, 0.05) is 22.8 Å². The zero-order chi connectivity index (χ0) is 18.2. The molecule has 0 saturated heterocycles. The van der Waals surface area contributed by atoms with Gasteiger partial charge in [0.15, 0.2) is 5.03 Å². The molecule has 0 spiro atoms. The topological polar surface area (TPSA) is 90.3 Å². The quantitative estimate of drug-likeness (QED) is 0.789. The summed E-state index contributed by atoms with van der Waals surface area (Å²) in [5.74, 6) is -0.373. The maximum absolute atomic E-state index is 12.5. The Morgan fingerprint density at radius 2 is 2.24 bits per heavy atom. The molecule has 9 heteroatoms. The van der Waals surface area contributed by atoms with Crippen LogP contribution in [-0.4, -0.2) is 30.5 Å². The largest absolute Gasteiger partial charge is 0.492 e. The Bertz CT molecular complexity index is 908. The fraction of sp³-hybridized carbons (Fsp3) is 0.375. The van der Waals surface area contributed by atoms with Crippen LogP contribution in [0.15, 0.2) is 40.2 Å². The minimum atomic E-state index is -4.02. The molecule has 7 nitrogen and oxygen atoms in total. The van der Waals surface area contributed by atoms with Gasteiger partial charge in [0.2, 0.25) is 5.91 Å². The van der Waals surface area contributed by atoms with Crippen molar-refractivity contribution in [2.24, 2.45) is 5.92 Å². The highest BCUT2D eigenvalue weighted by Gasteiger charge is 2.33. The van der Waals surface area contributed by atoms with Crippen LogP contribution >= 0.6 is 15.9 Å². The molecular weight excluding hydrogens is 410 g/mol. The summed E-state index contributed by atoms with van der Waals surface area (Å²) in [4.78, 5) is 16.4. The Morgan fingerprint density at radius 1 is 1.48 bits per heavy atom. The summed E-state index contributed by atoms with van der Waals surface area (Å²) in [6.07, 6.45) is 2.87. The second kappa shape index (κ2) is 6.80. The second-order valence-corrected chi connectivity index (χ2v) is 8.86. The van der Waals surface area contributed by atoms with Crippen molar-refractivity contribution in [2.75, 3.05) is 6.61 Å². The number of ether oxygens (including phenoxy) is 1. The molecule has 1 amide bonds. The minimum Gasteiger partial charge on any atom is -0.492 e. The van der Waals surface area contributed by atoms with Crippen molar-refractivity contribution in [2.45, 2.75) is 31.3 Å². The lowest BCUT2D eigenvalue weighted by atomic mass is 10.0. The van der Waals surface area contributed by atoms with E-state index in [0.29, 0.717) is 23.8 Å². The molecule has 25 heavy (non-hydrogen) atoms. The molecule has 1 atom stereocenters. The van der Waals surface area contributed by atoms with Gasteiger partial charge >= 0.3 is 0 Å². The molecule has 1 aromatic heterocycles. The smallest absolute Gasteiger partial charge is 0.283 e. The van der Waals surface area contributed by atoms with Gasteiger partial charge in [-0.3, -0.25) is 4.79 Å². The Balaban J connectivity index is 1.77. The predicted molar refractivity (Wildman–Crippen MR) is 94.8 cm³/mol. The molecule has 0 saturated carbocycles. The van der Waals surface area contributed by atoms with E-state index in [4.69, 9.17) is 4.74 Å². The summed E-state index contributed by atoms with van der Waals surface area (Å²) in [6, 6.07) is 5.31. The second-order valence-electron chi connectivity index (χ2n) is 6.32. The monoisotopic (exact) mass is 427 g/mol. The number of nitrogens with one attached hydrogen (secondary N) is 1. The number of carbonyl (C=O) groups is 1. The van der Waals surface area contributed by atoms with Crippen molar-refractivity contribution in [3.05, 3.63) is 40.8 Å². The molecule has 2 heterocycles. The molecule has 0 aliphatic carbocycles. The number of nitrogens with zero attached hydrogens (tertiary/aromatic N) is 2. The lowest BCUT2D eigenvalue weighted by Gasteiger charge is -2.10. The maximum Gasteiger partial charge on any atom is 0.283 e. The SMILES string of the molecule is CC(C)Cn1cnc(S(=O)(=O)NC(=O)C2COc3ccc(Br)cc32)c1. The van der Waals surface area contributed by atoms with Crippen LogP contribution in [0.4, 0.5) is 0 Å². The van der Waals surface area contributed by atoms with E-state index >= 15 is 0 Å². The zero-order valence-corrected chi connectivity index (χ0v) is 16.2. The van der Waals surface area contributed by atoms with Gasteiger partial charge in [-0.25, -0.2) is 9.71 Å². The number of hydrogen-bond acceptors (Lipinski definition) is 5. The van der Waals surface area contributed by atoms with Gasteiger partial charge in [0.1, 0.15) is 18.3 Å². The van der Waals surface area contributed by atoms with E-state index in [9.17, 15) is 13.2 Å². The third-order valence-electron chi connectivity index (χ3n) is 3.77. The fourth-order valence-corrected chi connectivity index (χ4v) is 4.01. The average Bonchev–Trinajstić information content (AvgIpc) is 3.12. The van der Waals surface area contributed by atoms with Crippen LogP contribution in [0.2, 0.25) is 0 Å². The van der Waals surface area contributed by atoms with Crippen LogP contribution in [-0.2, 0) is 21.4 Å². The van der Waals surface area contributed by atoms with Gasteiger partial charge in [0.25, 0.3) is 10.0 Å². The highest BCUT2D eigenvalue weighted by Crippen LogP contribution is 2.36. The standard InChI is InChI=1S/C16H18BrN3O4S/c1-10(2)6-20-7-15(18-9-20)25(22,23)19-16(21)13-8-24-14-4-3-11(17)5-12(13)14/h3-5,7,9-10,13H,6,8H2,1-2H3,(H,19,21). The number of hydrogen-bond donors (Lipinski definition) is 1. The van der Waals surface area contributed by atoms with Crippen molar-refractivity contribution >= 4 is 31.9 Å². The fourth-order valence-electron chi connectivity index (χ4n) is 2.66. The van der Waals surface area contributed by atoms with Gasteiger partial charge in [-0.05, 0) is 24.1 Å². The van der Waals surface area contributed by atoms with Gasteiger partial charge in [0.05, 0.1) is 6.33 Å². The summed E-state index contributed by atoms with van der Waals surface area (Å²) >= 11 is 3.34. The van der Waals surface area contributed by atoms with E-state index in [-0.39, 0.29) is 11.6 Å². The first-order valence-electron chi connectivity index (χ1n) is 7.77. The molecule has 0 fully saturated rings. The molecule has 3 rings (SSSR count). The van der Waals surface area contributed by atoms with Gasteiger partial charge in [-0.1, -0.05) is 29.8 Å². The molecule has 1 aliphatic rings. The lowest BCUT2D eigenvalue weighted by molar-refractivity contribution is -0.120. The molecule has 1 N–H and O–H groups in total. The van der Waals surface area contributed by atoms with Gasteiger partial charge < -0.3 is 9.30 Å². The van der Waals surface area contributed by atoms with Crippen LogP contribution < -0.4 is 9.46 Å². The first-order chi connectivity index (χ1) is 11.8.